The zero-order valence-corrected chi connectivity index (χ0v) is 11.9. The largest absolute Gasteiger partial charge is 0.256 e. The van der Waals surface area contributed by atoms with Crippen molar-refractivity contribution in [2.75, 3.05) is 0 Å². The normalized spacial score (nSPS) is 11.1. The maximum Gasteiger partial charge on any atom is 0.0780 e. The number of hydrogen-bond donors (Lipinski definition) is 0. The molecule has 1 nitrogen and oxygen atoms in total. The minimum atomic E-state index is 1.07. The molecule has 0 aliphatic rings. The fourth-order valence-electron chi connectivity index (χ4n) is 2.89. The van der Waals surface area contributed by atoms with Crippen LogP contribution >= 0.6 is 0 Å². The molecule has 0 spiro atoms. The SMILES string of the molecule is Cc1ccc(-c2cc3cccnc3c3ccccc23)cc1. The standard InChI is InChI=1S/C20H15N/c1-14-8-10-15(11-9-14)19-13-16-5-4-12-21-20(16)18-7-3-2-6-17(18)19/h2-13H,1H3. The molecule has 0 N–H and O–H groups in total. The van der Waals surface area contributed by atoms with Crippen LogP contribution < -0.4 is 0 Å². The first kappa shape index (κ1) is 12.1. The summed E-state index contributed by atoms with van der Waals surface area (Å²) in [6.45, 7) is 2.12. The van der Waals surface area contributed by atoms with Gasteiger partial charge in [-0.3, -0.25) is 4.98 Å². The van der Waals surface area contributed by atoms with Gasteiger partial charge in [0.2, 0.25) is 0 Å². The van der Waals surface area contributed by atoms with Crippen LogP contribution in [0.25, 0.3) is 32.8 Å². The van der Waals surface area contributed by atoms with E-state index < -0.39 is 0 Å². The Kier molecular flexibility index (Phi) is 2.71. The number of nitrogens with zero attached hydrogens (tertiary/aromatic N) is 1. The van der Waals surface area contributed by atoms with Crippen LogP contribution in [-0.4, -0.2) is 4.98 Å². The van der Waals surface area contributed by atoms with E-state index in [1.165, 1.54) is 32.8 Å². The number of aryl methyl sites for hydroxylation is 1. The van der Waals surface area contributed by atoms with Crippen LogP contribution in [-0.2, 0) is 0 Å². The average Bonchev–Trinajstić information content (AvgIpc) is 2.55. The Hall–Kier alpha value is -2.67. The monoisotopic (exact) mass is 269 g/mol. The molecule has 1 heterocycles. The molecule has 0 aliphatic carbocycles. The van der Waals surface area contributed by atoms with Gasteiger partial charge < -0.3 is 0 Å². The first-order chi connectivity index (χ1) is 10.3. The molecule has 0 amide bonds. The Morgan fingerprint density at radius 2 is 1.52 bits per heavy atom. The third-order valence-electron chi connectivity index (χ3n) is 3.97. The van der Waals surface area contributed by atoms with Gasteiger partial charge in [0, 0.05) is 17.0 Å². The number of pyridine rings is 1. The lowest BCUT2D eigenvalue weighted by Gasteiger charge is -2.10. The number of rotatable bonds is 1. The predicted octanol–water partition coefficient (Wildman–Crippen LogP) is 5.36. The van der Waals surface area contributed by atoms with Crippen molar-refractivity contribution >= 4 is 21.7 Å². The van der Waals surface area contributed by atoms with Gasteiger partial charge in [-0.05, 0) is 35.6 Å². The zero-order chi connectivity index (χ0) is 14.2. The smallest absolute Gasteiger partial charge is 0.0780 e. The van der Waals surface area contributed by atoms with Crippen molar-refractivity contribution in [1.29, 1.82) is 0 Å². The van der Waals surface area contributed by atoms with E-state index in [0.29, 0.717) is 0 Å². The molecule has 0 atom stereocenters. The highest BCUT2D eigenvalue weighted by molar-refractivity contribution is 6.11. The summed E-state index contributed by atoms with van der Waals surface area (Å²) in [4.78, 5) is 4.56. The van der Waals surface area contributed by atoms with E-state index >= 15 is 0 Å². The first-order valence-electron chi connectivity index (χ1n) is 7.16. The quantitative estimate of drug-likeness (QED) is 0.424. The van der Waals surface area contributed by atoms with Gasteiger partial charge in [-0.25, -0.2) is 0 Å². The maximum absolute atomic E-state index is 4.56. The Bertz CT molecular complexity index is 937. The summed E-state index contributed by atoms with van der Waals surface area (Å²) in [6.07, 6.45) is 1.86. The molecule has 0 bridgehead atoms. The van der Waals surface area contributed by atoms with E-state index in [9.17, 15) is 0 Å². The molecule has 1 aromatic heterocycles. The first-order valence-corrected chi connectivity index (χ1v) is 7.16. The minimum Gasteiger partial charge on any atom is -0.256 e. The topological polar surface area (TPSA) is 12.9 Å². The molecule has 1 heteroatoms. The average molecular weight is 269 g/mol. The third kappa shape index (κ3) is 1.98. The fraction of sp³-hybridized carbons (Fsp3) is 0.0500. The van der Waals surface area contributed by atoms with Crippen LogP contribution in [0, 0.1) is 6.92 Å². The van der Waals surface area contributed by atoms with E-state index in [4.69, 9.17) is 0 Å². The molecule has 0 radical (unpaired) electrons. The van der Waals surface area contributed by atoms with Crippen LogP contribution in [0.2, 0.25) is 0 Å². The number of fused-ring (bicyclic) bond motifs is 3. The maximum atomic E-state index is 4.56. The molecule has 0 fully saturated rings. The molecule has 0 aliphatic heterocycles. The molecule has 100 valence electrons. The second-order valence-electron chi connectivity index (χ2n) is 5.41. The summed E-state index contributed by atoms with van der Waals surface area (Å²) in [5.74, 6) is 0. The molecule has 0 saturated heterocycles. The Morgan fingerprint density at radius 3 is 2.33 bits per heavy atom. The predicted molar refractivity (Wildman–Crippen MR) is 89.4 cm³/mol. The van der Waals surface area contributed by atoms with Gasteiger partial charge in [0.1, 0.15) is 0 Å². The van der Waals surface area contributed by atoms with Crippen LogP contribution in [0.15, 0.2) is 72.9 Å². The molecule has 4 aromatic rings. The highest BCUT2D eigenvalue weighted by atomic mass is 14.6. The van der Waals surface area contributed by atoms with Crippen molar-refractivity contribution in [1.82, 2.24) is 4.98 Å². The second kappa shape index (κ2) is 4.71. The van der Waals surface area contributed by atoms with Crippen LogP contribution in [0.1, 0.15) is 5.56 Å². The van der Waals surface area contributed by atoms with Crippen molar-refractivity contribution in [2.24, 2.45) is 0 Å². The molecule has 21 heavy (non-hydrogen) atoms. The Labute approximate surface area is 123 Å². The Balaban J connectivity index is 2.13. The molecular formula is C20H15N. The molecular weight excluding hydrogens is 254 g/mol. The van der Waals surface area contributed by atoms with E-state index in [2.05, 4.69) is 72.6 Å². The highest BCUT2D eigenvalue weighted by Gasteiger charge is 2.08. The van der Waals surface area contributed by atoms with Gasteiger partial charge in [0.05, 0.1) is 5.52 Å². The van der Waals surface area contributed by atoms with Crippen molar-refractivity contribution in [3.05, 3.63) is 78.5 Å². The van der Waals surface area contributed by atoms with E-state index in [1.807, 2.05) is 12.3 Å². The second-order valence-corrected chi connectivity index (χ2v) is 5.41. The van der Waals surface area contributed by atoms with Gasteiger partial charge in [-0.1, -0.05) is 60.2 Å². The van der Waals surface area contributed by atoms with Crippen molar-refractivity contribution in [3.8, 4) is 11.1 Å². The summed E-state index contributed by atoms with van der Waals surface area (Å²) in [5.41, 5.74) is 4.88. The summed E-state index contributed by atoms with van der Waals surface area (Å²) in [7, 11) is 0. The lowest BCUT2D eigenvalue weighted by atomic mass is 9.95. The molecule has 3 aromatic carbocycles. The molecule has 0 saturated carbocycles. The van der Waals surface area contributed by atoms with Crippen molar-refractivity contribution < 1.29 is 0 Å². The van der Waals surface area contributed by atoms with Crippen LogP contribution in [0.5, 0.6) is 0 Å². The Morgan fingerprint density at radius 1 is 0.762 bits per heavy atom. The zero-order valence-electron chi connectivity index (χ0n) is 11.9. The number of aromatic nitrogens is 1. The third-order valence-corrected chi connectivity index (χ3v) is 3.97. The van der Waals surface area contributed by atoms with Gasteiger partial charge in [0.25, 0.3) is 0 Å². The fourth-order valence-corrected chi connectivity index (χ4v) is 2.89. The van der Waals surface area contributed by atoms with Gasteiger partial charge in [-0.2, -0.15) is 0 Å². The summed E-state index contributed by atoms with van der Waals surface area (Å²) in [6, 6.07) is 23.6. The summed E-state index contributed by atoms with van der Waals surface area (Å²) >= 11 is 0. The van der Waals surface area contributed by atoms with E-state index in [-0.39, 0.29) is 0 Å². The summed E-state index contributed by atoms with van der Waals surface area (Å²) < 4.78 is 0. The van der Waals surface area contributed by atoms with E-state index in [1.54, 1.807) is 0 Å². The molecule has 4 rings (SSSR count). The van der Waals surface area contributed by atoms with Gasteiger partial charge >= 0.3 is 0 Å². The van der Waals surface area contributed by atoms with E-state index in [0.717, 1.165) is 5.52 Å². The van der Waals surface area contributed by atoms with Crippen molar-refractivity contribution in [3.63, 3.8) is 0 Å². The van der Waals surface area contributed by atoms with Crippen LogP contribution in [0.4, 0.5) is 0 Å². The minimum absolute atomic E-state index is 1.07. The number of benzene rings is 3. The highest BCUT2D eigenvalue weighted by Crippen LogP contribution is 2.33. The lowest BCUT2D eigenvalue weighted by Crippen LogP contribution is -1.86. The van der Waals surface area contributed by atoms with Gasteiger partial charge in [0.15, 0.2) is 0 Å². The van der Waals surface area contributed by atoms with Gasteiger partial charge in [-0.15, -0.1) is 0 Å². The number of hydrogen-bond acceptors (Lipinski definition) is 1. The molecule has 0 unspecified atom stereocenters. The summed E-state index contributed by atoms with van der Waals surface area (Å²) in [5, 5.41) is 3.66. The lowest BCUT2D eigenvalue weighted by molar-refractivity contribution is 1.43. The van der Waals surface area contributed by atoms with Crippen molar-refractivity contribution in [2.45, 2.75) is 6.92 Å². The van der Waals surface area contributed by atoms with Crippen LogP contribution in [0.3, 0.4) is 0 Å².